The minimum absolute atomic E-state index is 0. The zero-order valence-electron chi connectivity index (χ0n) is 5.39. The van der Waals surface area contributed by atoms with Crippen LogP contribution in [-0.2, 0) is 0 Å². The molecule has 1 unspecified atom stereocenters. The Morgan fingerprint density at radius 1 is 1.62 bits per heavy atom. The van der Waals surface area contributed by atoms with E-state index in [0.717, 1.165) is 6.54 Å². The molecule has 0 radical (unpaired) electrons. The Morgan fingerprint density at radius 2 is 2.12 bits per heavy atom. The molecule has 0 bridgehead atoms. The Labute approximate surface area is 61.8 Å². The fraction of sp³-hybridized carbons (Fsp3) is 1.00. The highest BCUT2D eigenvalue weighted by molar-refractivity contribution is 7.98. The topological polar surface area (TPSA) is 26.0 Å². The summed E-state index contributed by atoms with van der Waals surface area (Å²) in [4.78, 5) is 0. The minimum atomic E-state index is 0. The summed E-state index contributed by atoms with van der Waals surface area (Å²) in [6, 6.07) is 0. The minimum Gasteiger partial charge on any atom is -0.330 e. The van der Waals surface area contributed by atoms with Gasteiger partial charge in [0.25, 0.3) is 0 Å². The van der Waals surface area contributed by atoms with Crippen LogP contribution in [0, 0.1) is 5.92 Å². The molecule has 0 aromatic rings. The van der Waals surface area contributed by atoms with Gasteiger partial charge in [0.15, 0.2) is 0 Å². The van der Waals surface area contributed by atoms with Gasteiger partial charge in [-0.1, -0.05) is 6.92 Å². The van der Waals surface area contributed by atoms with E-state index < -0.39 is 0 Å². The van der Waals surface area contributed by atoms with E-state index >= 15 is 0 Å². The normalized spacial score (nSPS) is 12.4. The zero-order chi connectivity index (χ0) is 5.70. The number of halogens is 1. The lowest BCUT2D eigenvalue weighted by Crippen LogP contribution is -2.12. The Balaban J connectivity index is 0. The van der Waals surface area contributed by atoms with Gasteiger partial charge in [-0.05, 0) is 24.5 Å². The van der Waals surface area contributed by atoms with Gasteiger partial charge in [-0.25, -0.2) is 0 Å². The summed E-state index contributed by atoms with van der Waals surface area (Å²) in [5.41, 5.74) is 5.34. The summed E-state index contributed by atoms with van der Waals surface area (Å²) < 4.78 is 0. The average molecular weight is 156 g/mol. The fourth-order valence-corrected chi connectivity index (χ4v) is 1.06. The number of nitrogens with two attached hydrogens (primary N) is 1. The molecular formula is C5H14ClNS. The first-order valence-corrected chi connectivity index (χ1v) is 3.89. The van der Waals surface area contributed by atoms with Crippen LogP contribution in [0.4, 0.5) is 0 Å². The Kier molecular flexibility index (Phi) is 10.8. The van der Waals surface area contributed by atoms with E-state index in [2.05, 4.69) is 13.2 Å². The largest absolute Gasteiger partial charge is 0.330 e. The van der Waals surface area contributed by atoms with E-state index in [-0.39, 0.29) is 12.4 Å². The third-order valence-corrected chi connectivity index (χ3v) is 1.76. The molecule has 0 saturated carbocycles. The summed E-state index contributed by atoms with van der Waals surface area (Å²) in [7, 11) is 0. The predicted molar refractivity (Wildman–Crippen MR) is 43.8 cm³/mol. The first-order valence-electron chi connectivity index (χ1n) is 2.50. The van der Waals surface area contributed by atoms with Crippen LogP contribution in [0.15, 0.2) is 0 Å². The summed E-state index contributed by atoms with van der Waals surface area (Å²) in [5.74, 6) is 1.88. The third-order valence-electron chi connectivity index (χ3n) is 0.854. The summed E-state index contributed by atoms with van der Waals surface area (Å²) in [5, 5.41) is 0. The number of thioether (sulfide) groups is 1. The van der Waals surface area contributed by atoms with Crippen molar-refractivity contribution in [3.8, 4) is 0 Å². The van der Waals surface area contributed by atoms with Crippen molar-refractivity contribution in [3.05, 3.63) is 0 Å². The van der Waals surface area contributed by atoms with Gasteiger partial charge in [0.1, 0.15) is 0 Å². The molecule has 1 atom stereocenters. The average Bonchev–Trinajstić information content (AvgIpc) is 1.68. The van der Waals surface area contributed by atoms with E-state index in [9.17, 15) is 0 Å². The summed E-state index contributed by atoms with van der Waals surface area (Å²) >= 11 is 1.85. The van der Waals surface area contributed by atoms with Crippen molar-refractivity contribution in [2.75, 3.05) is 18.6 Å². The maximum absolute atomic E-state index is 5.34. The molecule has 0 spiro atoms. The van der Waals surface area contributed by atoms with Gasteiger partial charge in [-0.3, -0.25) is 0 Å². The zero-order valence-corrected chi connectivity index (χ0v) is 7.02. The van der Waals surface area contributed by atoms with Gasteiger partial charge < -0.3 is 5.73 Å². The molecule has 8 heavy (non-hydrogen) atoms. The molecule has 0 heterocycles. The van der Waals surface area contributed by atoms with Gasteiger partial charge in [-0.2, -0.15) is 11.8 Å². The SMILES string of the molecule is CSCC(C)CN.Cl. The van der Waals surface area contributed by atoms with Gasteiger partial charge in [0.05, 0.1) is 0 Å². The number of hydrogen-bond acceptors (Lipinski definition) is 2. The first-order chi connectivity index (χ1) is 3.31. The maximum atomic E-state index is 5.34. The van der Waals surface area contributed by atoms with Crippen LogP contribution in [0.2, 0.25) is 0 Å². The molecule has 52 valence electrons. The van der Waals surface area contributed by atoms with Crippen molar-refractivity contribution in [1.82, 2.24) is 0 Å². The van der Waals surface area contributed by atoms with E-state index in [1.54, 1.807) is 0 Å². The second-order valence-electron chi connectivity index (χ2n) is 1.80. The van der Waals surface area contributed by atoms with Crippen molar-refractivity contribution in [3.63, 3.8) is 0 Å². The molecular weight excluding hydrogens is 142 g/mol. The third kappa shape index (κ3) is 6.60. The van der Waals surface area contributed by atoms with Gasteiger partial charge in [0, 0.05) is 0 Å². The van der Waals surface area contributed by atoms with Gasteiger partial charge >= 0.3 is 0 Å². The lowest BCUT2D eigenvalue weighted by Gasteiger charge is -2.02. The van der Waals surface area contributed by atoms with Crippen LogP contribution < -0.4 is 5.73 Å². The van der Waals surface area contributed by atoms with Crippen molar-refractivity contribution in [2.45, 2.75) is 6.92 Å². The summed E-state index contributed by atoms with van der Waals surface area (Å²) in [6.45, 7) is 2.98. The molecule has 0 rings (SSSR count). The monoisotopic (exact) mass is 155 g/mol. The van der Waals surface area contributed by atoms with E-state index in [0.29, 0.717) is 5.92 Å². The van der Waals surface area contributed by atoms with Crippen LogP contribution in [-0.4, -0.2) is 18.6 Å². The molecule has 0 saturated heterocycles. The Bertz CT molecular complexity index is 43.4. The van der Waals surface area contributed by atoms with Crippen molar-refractivity contribution in [1.29, 1.82) is 0 Å². The first kappa shape index (κ1) is 11.4. The molecule has 0 aliphatic heterocycles. The molecule has 2 N–H and O–H groups in total. The van der Waals surface area contributed by atoms with Gasteiger partial charge in [0.2, 0.25) is 0 Å². The second-order valence-corrected chi connectivity index (χ2v) is 2.71. The van der Waals surface area contributed by atoms with Crippen LogP contribution >= 0.6 is 24.2 Å². The lowest BCUT2D eigenvalue weighted by atomic mass is 10.2. The highest BCUT2D eigenvalue weighted by Crippen LogP contribution is 2.00. The number of rotatable bonds is 3. The number of hydrogen-bond donors (Lipinski definition) is 1. The van der Waals surface area contributed by atoms with Crippen molar-refractivity contribution < 1.29 is 0 Å². The van der Waals surface area contributed by atoms with Crippen molar-refractivity contribution >= 4 is 24.2 Å². The quantitative estimate of drug-likeness (QED) is 0.667. The van der Waals surface area contributed by atoms with Crippen LogP contribution in [0.1, 0.15) is 6.92 Å². The van der Waals surface area contributed by atoms with Gasteiger partial charge in [-0.15, -0.1) is 12.4 Å². The second kappa shape index (κ2) is 7.60. The highest BCUT2D eigenvalue weighted by atomic mass is 35.5. The molecule has 1 nitrogen and oxygen atoms in total. The van der Waals surface area contributed by atoms with Crippen LogP contribution in [0.5, 0.6) is 0 Å². The molecule has 3 heteroatoms. The molecule has 0 aromatic carbocycles. The Morgan fingerprint density at radius 3 is 2.25 bits per heavy atom. The van der Waals surface area contributed by atoms with E-state index in [1.807, 2.05) is 11.8 Å². The fourth-order valence-electron chi connectivity index (χ4n) is 0.353. The molecule has 0 aliphatic carbocycles. The van der Waals surface area contributed by atoms with E-state index in [1.165, 1.54) is 5.75 Å². The molecule has 0 aliphatic rings. The predicted octanol–water partition coefficient (Wildman–Crippen LogP) is 1.37. The molecule has 0 fully saturated rings. The molecule has 0 amide bonds. The van der Waals surface area contributed by atoms with Crippen LogP contribution in [0.3, 0.4) is 0 Å². The summed E-state index contributed by atoms with van der Waals surface area (Å²) in [6.07, 6.45) is 2.10. The van der Waals surface area contributed by atoms with E-state index in [4.69, 9.17) is 5.73 Å². The lowest BCUT2D eigenvalue weighted by molar-refractivity contribution is 0.676. The Hall–Kier alpha value is 0.600. The van der Waals surface area contributed by atoms with Crippen LogP contribution in [0.25, 0.3) is 0 Å². The highest BCUT2D eigenvalue weighted by Gasteiger charge is 1.93. The smallest absolute Gasteiger partial charge is 0.00325 e. The van der Waals surface area contributed by atoms with Crippen molar-refractivity contribution in [2.24, 2.45) is 11.7 Å². The maximum Gasteiger partial charge on any atom is -0.00325 e. The standard InChI is InChI=1S/C5H13NS.ClH/c1-5(3-6)4-7-2;/h5H,3-4,6H2,1-2H3;1H. The molecule has 0 aromatic heterocycles.